The SMILES string of the molecule is Cc1ccc(S[C@@H](C)C(=O)NNC(=O)C(=O)NC2CC2)cc1. The van der Waals surface area contributed by atoms with Crippen LogP contribution in [0.15, 0.2) is 29.2 Å². The lowest BCUT2D eigenvalue weighted by molar-refractivity contribution is -0.140. The van der Waals surface area contributed by atoms with E-state index in [9.17, 15) is 14.4 Å². The first-order valence-corrected chi connectivity index (χ1v) is 7.97. The number of carbonyl (C=O) groups is 3. The van der Waals surface area contributed by atoms with Gasteiger partial charge in [0.2, 0.25) is 0 Å². The quantitative estimate of drug-likeness (QED) is 0.437. The van der Waals surface area contributed by atoms with Crippen molar-refractivity contribution in [2.45, 2.75) is 42.9 Å². The summed E-state index contributed by atoms with van der Waals surface area (Å²) < 4.78 is 0. The lowest BCUT2D eigenvalue weighted by atomic mass is 10.2. The molecule has 0 radical (unpaired) electrons. The maximum atomic E-state index is 11.9. The van der Waals surface area contributed by atoms with E-state index in [1.54, 1.807) is 6.92 Å². The number of amides is 3. The molecule has 0 aliphatic heterocycles. The molecule has 0 bridgehead atoms. The van der Waals surface area contributed by atoms with E-state index in [0.717, 1.165) is 23.3 Å². The molecule has 2 rings (SSSR count). The van der Waals surface area contributed by atoms with Crippen LogP contribution in [0.25, 0.3) is 0 Å². The zero-order chi connectivity index (χ0) is 16.1. The van der Waals surface area contributed by atoms with Crippen LogP contribution in [0.4, 0.5) is 0 Å². The minimum Gasteiger partial charge on any atom is -0.345 e. The van der Waals surface area contributed by atoms with Gasteiger partial charge in [-0.1, -0.05) is 17.7 Å². The van der Waals surface area contributed by atoms with Crippen molar-refractivity contribution in [2.24, 2.45) is 0 Å². The van der Waals surface area contributed by atoms with Crippen molar-refractivity contribution in [3.05, 3.63) is 29.8 Å². The van der Waals surface area contributed by atoms with E-state index in [4.69, 9.17) is 0 Å². The van der Waals surface area contributed by atoms with E-state index in [1.807, 2.05) is 31.2 Å². The number of thioether (sulfide) groups is 1. The number of carbonyl (C=O) groups excluding carboxylic acids is 3. The molecule has 0 saturated heterocycles. The summed E-state index contributed by atoms with van der Waals surface area (Å²) in [6.07, 6.45) is 1.80. The number of hydrazine groups is 1. The monoisotopic (exact) mass is 321 g/mol. The Hall–Kier alpha value is -2.02. The molecule has 1 aliphatic carbocycles. The second-order valence-corrected chi connectivity index (χ2v) is 6.68. The van der Waals surface area contributed by atoms with Crippen LogP contribution in [-0.2, 0) is 14.4 Å². The molecule has 3 amide bonds. The van der Waals surface area contributed by atoms with Gasteiger partial charge in [-0.25, -0.2) is 0 Å². The number of nitrogens with one attached hydrogen (secondary N) is 3. The summed E-state index contributed by atoms with van der Waals surface area (Å²) in [5, 5.41) is 2.15. The van der Waals surface area contributed by atoms with Gasteiger partial charge in [0.05, 0.1) is 5.25 Å². The molecule has 1 atom stereocenters. The van der Waals surface area contributed by atoms with Crippen molar-refractivity contribution in [2.75, 3.05) is 0 Å². The predicted octanol–water partition coefficient (Wildman–Crippen LogP) is 0.902. The third-order valence-corrected chi connectivity index (χ3v) is 4.23. The topological polar surface area (TPSA) is 87.3 Å². The normalized spacial score (nSPS) is 14.8. The molecular weight excluding hydrogens is 302 g/mol. The Morgan fingerprint density at radius 3 is 2.32 bits per heavy atom. The number of aryl methyl sites for hydroxylation is 1. The maximum absolute atomic E-state index is 11.9. The molecule has 1 aliphatic rings. The third-order valence-electron chi connectivity index (χ3n) is 3.12. The first-order valence-electron chi connectivity index (χ1n) is 7.09. The minimum absolute atomic E-state index is 0.102. The summed E-state index contributed by atoms with van der Waals surface area (Å²) in [6.45, 7) is 3.73. The van der Waals surface area contributed by atoms with Crippen LogP contribution in [-0.4, -0.2) is 29.0 Å². The molecule has 7 heteroatoms. The summed E-state index contributed by atoms with van der Waals surface area (Å²) in [7, 11) is 0. The predicted molar refractivity (Wildman–Crippen MR) is 83.9 cm³/mol. The van der Waals surface area contributed by atoms with Crippen LogP contribution in [0, 0.1) is 6.92 Å². The van der Waals surface area contributed by atoms with E-state index in [0.29, 0.717) is 0 Å². The van der Waals surface area contributed by atoms with Crippen molar-refractivity contribution in [3.63, 3.8) is 0 Å². The van der Waals surface area contributed by atoms with Crippen molar-refractivity contribution in [3.8, 4) is 0 Å². The molecule has 1 aromatic carbocycles. The molecule has 1 aromatic rings. The van der Waals surface area contributed by atoms with Crippen LogP contribution in [0.5, 0.6) is 0 Å². The zero-order valence-electron chi connectivity index (χ0n) is 12.5. The Bertz CT molecular complexity index is 570. The summed E-state index contributed by atoms with van der Waals surface area (Å²) in [5.74, 6) is -1.94. The number of hydrogen-bond donors (Lipinski definition) is 3. The van der Waals surface area contributed by atoms with Crippen LogP contribution in [0.2, 0.25) is 0 Å². The molecule has 1 saturated carbocycles. The molecule has 0 unspecified atom stereocenters. The standard InChI is InChI=1S/C15H19N3O3S/c1-9-3-7-12(8-4-9)22-10(2)13(19)17-18-15(21)14(20)16-11-5-6-11/h3-4,7-8,10-11H,5-6H2,1-2H3,(H,16,20)(H,17,19)(H,18,21)/t10-/m0/s1. The Morgan fingerprint density at radius 2 is 1.73 bits per heavy atom. The molecule has 0 heterocycles. The second kappa shape index (κ2) is 7.31. The second-order valence-electron chi connectivity index (χ2n) is 5.26. The molecule has 6 nitrogen and oxygen atoms in total. The first-order chi connectivity index (χ1) is 10.5. The third kappa shape index (κ3) is 5.07. The molecular formula is C15H19N3O3S. The Labute approximate surface area is 133 Å². The van der Waals surface area contributed by atoms with Gasteiger partial charge in [-0.2, -0.15) is 0 Å². The molecule has 0 spiro atoms. The highest BCUT2D eigenvalue weighted by Gasteiger charge is 2.26. The van der Waals surface area contributed by atoms with Gasteiger partial charge in [0.15, 0.2) is 0 Å². The highest BCUT2D eigenvalue weighted by atomic mass is 32.2. The summed E-state index contributed by atoms with van der Waals surface area (Å²) in [6, 6.07) is 7.91. The summed E-state index contributed by atoms with van der Waals surface area (Å²) >= 11 is 1.38. The van der Waals surface area contributed by atoms with E-state index >= 15 is 0 Å². The van der Waals surface area contributed by atoms with Gasteiger partial charge >= 0.3 is 11.8 Å². The highest BCUT2D eigenvalue weighted by molar-refractivity contribution is 8.00. The van der Waals surface area contributed by atoms with E-state index < -0.39 is 17.1 Å². The fourth-order valence-corrected chi connectivity index (χ4v) is 2.50. The average molecular weight is 321 g/mol. The van der Waals surface area contributed by atoms with E-state index in [1.165, 1.54) is 11.8 Å². The molecule has 3 N–H and O–H groups in total. The molecule has 0 aromatic heterocycles. The van der Waals surface area contributed by atoms with Gasteiger partial charge < -0.3 is 5.32 Å². The fourth-order valence-electron chi connectivity index (χ4n) is 1.63. The van der Waals surface area contributed by atoms with Gasteiger partial charge in [-0.3, -0.25) is 25.2 Å². The first kappa shape index (κ1) is 16.4. The van der Waals surface area contributed by atoms with Crippen molar-refractivity contribution in [1.82, 2.24) is 16.2 Å². The number of benzene rings is 1. The van der Waals surface area contributed by atoms with Gasteiger partial charge in [-0.05, 0) is 38.8 Å². The number of hydrogen-bond acceptors (Lipinski definition) is 4. The smallest absolute Gasteiger partial charge is 0.327 e. The molecule has 22 heavy (non-hydrogen) atoms. The lowest BCUT2D eigenvalue weighted by Crippen LogP contribution is -2.50. The van der Waals surface area contributed by atoms with Crippen LogP contribution in [0.1, 0.15) is 25.3 Å². The van der Waals surface area contributed by atoms with E-state index in [2.05, 4.69) is 16.2 Å². The van der Waals surface area contributed by atoms with Gasteiger partial charge in [-0.15, -0.1) is 11.8 Å². The Kier molecular flexibility index (Phi) is 5.43. The lowest BCUT2D eigenvalue weighted by Gasteiger charge is -2.12. The largest absolute Gasteiger partial charge is 0.345 e. The molecule has 118 valence electrons. The maximum Gasteiger partial charge on any atom is 0.327 e. The van der Waals surface area contributed by atoms with Gasteiger partial charge in [0.1, 0.15) is 0 Å². The Morgan fingerprint density at radius 1 is 1.09 bits per heavy atom. The highest BCUT2D eigenvalue weighted by Crippen LogP contribution is 2.23. The Balaban J connectivity index is 1.74. The van der Waals surface area contributed by atoms with E-state index in [-0.39, 0.29) is 11.9 Å². The number of rotatable bonds is 4. The van der Waals surface area contributed by atoms with Crippen molar-refractivity contribution >= 4 is 29.5 Å². The average Bonchev–Trinajstić information content (AvgIpc) is 3.30. The van der Waals surface area contributed by atoms with Crippen molar-refractivity contribution in [1.29, 1.82) is 0 Å². The van der Waals surface area contributed by atoms with Gasteiger partial charge in [0.25, 0.3) is 5.91 Å². The van der Waals surface area contributed by atoms with Gasteiger partial charge in [0, 0.05) is 10.9 Å². The van der Waals surface area contributed by atoms with Crippen LogP contribution < -0.4 is 16.2 Å². The van der Waals surface area contributed by atoms with Crippen molar-refractivity contribution < 1.29 is 14.4 Å². The molecule has 1 fully saturated rings. The van der Waals surface area contributed by atoms with Crippen LogP contribution >= 0.6 is 11.8 Å². The minimum atomic E-state index is -0.854. The summed E-state index contributed by atoms with van der Waals surface area (Å²) in [5.41, 5.74) is 5.54. The van der Waals surface area contributed by atoms with Crippen LogP contribution in [0.3, 0.4) is 0 Å². The zero-order valence-corrected chi connectivity index (χ0v) is 13.3. The fraction of sp³-hybridized carbons (Fsp3) is 0.400. The summed E-state index contributed by atoms with van der Waals surface area (Å²) in [4.78, 5) is 35.8.